The first-order chi connectivity index (χ1) is 13.8. The number of Topliss-reactive ketones (excluding diaryl/α,β-unsaturated/α-hetero) is 1. The van der Waals surface area contributed by atoms with Crippen molar-refractivity contribution in [2.24, 2.45) is 11.8 Å². The van der Waals surface area contributed by atoms with Crippen molar-refractivity contribution in [1.29, 1.82) is 0 Å². The average Bonchev–Trinajstić information content (AvgIpc) is 3.45. The third-order valence-electron chi connectivity index (χ3n) is 6.31. The summed E-state index contributed by atoms with van der Waals surface area (Å²) >= 11 is 0. The van der Waals surface area contributed by atoms with Crippen LogP contribution in [-0.2, 0) is 19.1 Å². The van der Waals surface area contributed by atoms with Crippen LogP contribution in [0.2, 0.25) is 0 Å². The SMILES string of the molecule is Cc1cc(C(=O)COC(=O)[C@H](C)N2C(=O)[C@@H]3CC=CC[C@H]3C2=O)c(C)n1C1CC1. The number of allylic oxidation sites excluding steroid dienone is 2. The summed E-state index contributed by atoms with van der Waals surface area (Å²) in [5.74, 6) is -2.44. The lowest BCUT2D eigenvalue weighted by molar-refractivity contribution is -0.157. The topological polar surface area (TPSA) is 85.7 Å². The van der Waals surface area contributed by atoms with Gasteiger partial charge in [0, 0.05) is 23.0 Å². The Morgan fingerprint density at radius 3 is 2.24 bits per heavy atom. The summed E-state index contributed by atoms with van der Waals surface area (Å²) in [5, 5.41) is 0. The predicted octanol–water partition coefficient (Wildman–Crippen LogP) is 2.51. The van der Waals surface area contributed by atoms with Crippen molar-refractivity contribution in [3.05, 3.63) is 35.2 Å². The molecule has 2 aliphatic carbocycles. The molecule has 1 saturated carbocycles. The van der Waals surface area contributed by atoms with Crippen molar-refractivity contribution in [1.82, 2.24) is 9.47 Å². The number of aromatic nitrogens is 1. The number of esters is 1. The molecule has 3 aliphatic rings. The summed E-state index contributed by atoms with van der Waals surface area (Å²) in [6.45, 7) is 4.95. The minimum Gasteiger partial charge on any atom is -0.456 e. The molecule has 1 aromatic heterocycles. The van der Waals surface area contributed by atoms with Crippen LogP contribution < -0.4 is 0 Å². The molecule has 0 spiro atoms. The molecule has 1 saturated heterocycles. The second-order valence-corrected chi connectivity index (χ2v) is 8.30. The van der Waals surface area contributed by atoms with E-state index in [1.165, 1.54) is 6.92 Å². The monoisotopic (exact) mass is 398 g/mol. The van der Waals surface area contributed by atoms with Gasteiger partial charge < -0.3 is 9.30 Å². The Balaban J connectivity index is 1.40. The van der Waals surface area contributed by atoms with Gasteiger partial charge in [0.25, 0.3) is 0 Å². The highest BCUT2D eigenvalue weighted by molar-refractivity contribution is 6.08. The van der Waals surface area contributed by atoms with E-state index >= 15 is 0 Å². The zero-order chi connectivity index (χ0) is 20.9. The summed E-state index contributed by atoms with van der Waals surface area (Å²) in [7, 11) is 0. The molecule has 0 unspecified atom stereocenters. The van der Waals surface area contributed by atoms with E-state index in [2.05, 4.69) is 4.57 Å². The Morgan fingerprint density at radius 2 is 1.69 bits per heavy atom. The van der Waals surface area contributed by atoms with E-state index in [1.807, 2.05) is 32.1 Å². The lowest BCUT2D eigenvalue weighted by atomic mass is 9.85. The van der Waals surface area contributed by atoms with Crippen LogP contribution in [0.25, 0.3) is 0 Å². The van der Waals surface area contributed by atoms with Crippen molar-refractivity contribution in [3.63, 3.8) is 0 Å². The number of ether oxygens (including phenoxy) is 1. The number of imide groups is 1. The zero-order valence-electron chi connectivity index (χ0n) is 17.0. The van der Waals surface area contributed by atoms with Gasteiger partial charge in [0.2, 0.25) is 17.6 Å². The highest BCUT2D eigenvalue weighted by atomic mass is 16.5. The third kappa shape index (κ3) is 3.32. The molecule has 2 amide bonds. The molecule has 7 heteroatoms. The predicted molar refractivity (Wildman–Crippen MR) is 104 cm³/mol. The number of carbonyl (C=O) groups is 4. The van der Waals surface area contributed by atoms with Crippen LogP contribution in [0.4, 0.5) is 0 Å². The minimum atomic E-state index is -1.03. The number of rotatable bonds is 6. The molecule has 0 N–H and O–H groups in total. The van der Waals surface area contributed by atoms with Crippen LogP contribution in [0.1, 0.15) is 60.4 Å². The zero-order valence-corrected chi connectivity index (χ0v) is 17.0. The van der Waals surface area contributed by atoms with Gasteiger partial charge in [-0.1, -0.05) is 12.2 Å². The quantitative estimate of drug-likeness (QED) is 0.318. The van der Waals surface area contributed by atoms with Gasteiger partial charge >= 0.3 is 5.97 Å². The van der Waals surface area contributed by atoms with Crippen molar-refractivity contribution in [2.75, 3.05) is 6.61 Å². The van der Waals surface area contributed by atoms with E-state index in [1.54, 1.807) is 0 Å². The number of hydrogen-bond acceptors (Lipinski definition) is 5. The number of aryl methyl sites for hydroxylation is 1. The van der Waals surface area contributed by atoms with E-state index in [0.717, 1.165) is 29.1 Å². The number of likely N-dealkylation sites (tertiary alicyclic amines) is 1. The molecule has 29 heavy (non-hydrogen) atoms. The van der Waals surface area contributed by atoms with Crippen LogP contribution >= 0.6 is 0 Å². The van der Waals surface area contributed by atoms with Crippen molar-refractivity contribution in [3.8, 4) is 0 Å². The van der Waals surface area contributed by atoms with E-state index in [4.69, 9.17) is 4.74 Å². The number of ketones is 1. The molecule has 0 bridgehead atoms. The second kappa shape index (κ2) is 7.28. The molecule has 0 aromatic carbocycles. The van der Waals surface area contributed by atoms with E-state index < -0.39 is 30.5 Å². The Kier molecular flexibility index (Phi) is 4.92. The number of amides is 2. The molecule has 1 aliphatic heterocycles. The Morgan fingerprint density at radius 1 is 1.10 bits per heavy atom. The second-order valence-electron chi connectivity index (χ2n) is 8.30. The summed E-state index contributed by atoms with van der Waals surface area (Å²) < 4.78 is 7.36. The summed E-state index contributed by atoms with van der Waals surface area (Å²) in [6, 6.07) is 1.26. The fraction of sp³-hybridized carbons (Fsp3) is 0.545. The molecule has 154 valence electrons. The molecular weight excluding hydrogens is 372 g/mol. The van der Waals surface area contributed by atoms with Crippen LogP contribution in [0.3, 0.4) is 0 Å². The minimum absolute atomic E-state index is 0.275. The van der Waals surface area contributed by atoms with Gasteiger partial charge in [-0.15, -0.1) is 0 Å². The van der Waals surface area contributed by atoms with Gasteiger partial charge in [0.1, 0.15) is 6.04 Å². The van der Waals surface area contributed by atoms with E-state index in [0.29, 0.717) is 24.4 Å². The van der Waals surface area contributed by atoms with E-state index in [-0.39, 0.29) is 17.6 Å². The number of fused-ring (bicyclic) bond motifs is 1. The maximum atomic E-state index is 12.6. The standard InChI is InChI=1S/C22H26N2O5/c1-12-10-18(13(2)23(12)15-8-9-15)19(25)11-29-22(28)14(3)24-20(26)16-6-4-5-7-17(16)21(24)27/h4-5,10,14-17H,6-9,11H2,1-3H3/t14-,16+,17+/m0/s1. The third-order valence-corrected chi connectivity index (χ3v) is 6.31. The molecule has 1 aromatic rings. The van der Waals surface area contributed by atoms with Crippen molar-refractivity contribution in [2.45, 2.75) is 58.5 Å². The number of carbonyl (C=O) groups excluding carboxylic acids is 4. The first-order valence-electron chi connectivity index (χ1n) is 10.2. The molecule has 2 heterocycles. The summed E-state index contributed by atoms with van der Waals surface area (Å²) in [4.78, 5) is 51.3. The van der Waals surface area contributed by atoms with Crippen LogP contribution in [0.5, 0.6) is 0 Å². The molecule has 4 rings (SSSR count). The molecule has 0 radical (unpaired) electrons. The maximum absolute atomic E-state index is 12.6. The number of hydrogen-bond donors (Lipinski definition) is 0. The normalized spacial score (nSPS) is 24.6. The smallest absolute Gasteiger partial charge is 0.329 e. The van der Waals surface area contributed by atoms with Gasteiger partial charge in [0.05, 0.1) is 11.8 Å². The number of nitrogens with zero attached hydrogens (tertiary/aromatic N) is 2. The summed E-state index contributed by atoms with van der Waals surface area (Å²) in [6.07, 6.45) is 7.06. The highest BCUT2D eigenvalue weighted by Crippen LogP contribution is 2.38. The lowest BCUT2D eigenvalue weighted by Crippen LogP contribution is -2.44. The molecule has 2 fully saturated rings. The fourth-order valence-electron chi connectivity index (χ4n) is 4.60. The average molecular weight is 398 g/mol. The highest BCUT2D eigenvalue weighted by Gasteiger charge is 2.50. The maximum Gasteiger partial charge on any atom is 0.329 e. The van der Waals surface area contributed by atoms with Gasteiger partial charge in [-0.25, -0.2) is 4.79 Å². The molecular formula is C22H26N2O5. The van der Waals surface area contributed by atoms with Gasteiger partial charge in [-0.2, -0.15) is 0 Å². The Labute approximate surface area is 169 Å². The van der Waals surface area contributed by atoms with Crippen molar-refractivity contribution < 1.29 is 23.9 Å². The van der Waals surface area contributed by atoms with Crippen LogP contribution in [0, 0.1) is 25.7 Å². The largest absolute Gasteiger partial charge is 0.456 e. The van der Waals surface area contributed by atoms with Crippen molar-refractivity contribution >= 4 is 23.6 Å². The van der Waals surface area contributed by atoms with Crippen LogP contribution in [-0.4, -0.2) is 45.7 Å². The first kappa shape index (κ1) is 19.6. The Hall–Kier alpha value is -2.70. The fourth-order valence-corrected chi connectivity index (χ4v) is 4.60. The van der Waals surface area contributed by atoms with Gasteiger partial charge in [-0.05, 0) is 52.5 Å². The summed E-state index contributed by atoms with van der Waals surface area (Å²) in [5.41, 5.74) is 2.47. The Bertz CT molecular complexity index is 898. The van der Waals surface area contributed by atoms with Gasteiger partial charge in [0.15, 0.2) is 6.61 Å². The van der Waals surface area contributed by atoms with Gasteiger partial charge in [-0.3, -0.25) is 19.3 Å². The van der Waals surface area contributed by atoms with E-state index in [9.17, 15) is 19.2 Å². The lowest BCUT2D eigenvalue weighted by Gasteiger charge is -2.21. The molecule has 7 nitrogen and oxygen atoms in total. The van der Waals surface area contributed by atoms with Crippen LogP contribution in [0.15, 0.2) is 18.2 Å². The first-order valence-corrected chi connectivity index (χ1v) is 10.2. The molecule has 3 atom stereocenters.